The van der Waals surface area contributed by atoms with Gasteiger partial charge in [-0.05, 0) is 54.5 Å². The summed E-state index contributed by atoms with van der Waals surface area (Å²) in [6.07, 6.45) is 8.05. The summed E-state index contributed by atoms with van der Waals surface area (Å²) in [4.78, 5) is 7.98. The maximum Gasteiger partial charge on any atom is 0.111 e. The molecular weight excluding hydrogens is 344 g/mol. The number of fused-ring (bicyclic) bond motifs is 5. The molecule has 144 valence electrons. The Hall–Kier alpha value is -2.17. The minimum absolute atomic E-state index is 0.591. The van der Waals surface area contributed by atoms with Crippen LogP contribution in [0.2, 0.25) is 0 Å². The van der Waals surface area contributed by atoms with Gasteiger partial charge in [-0.3, -0.25) is 4.90 Å². The van der Waals surface area contributed by atoms with Crippen LogP contribution in [-0.4, -0.2) is 32.6 Å². The second-order valence-corrected chi connectivity index (χ2v) is 8.86. The van der Waals surface area contributed by atoms with Crippen LogP contribution < -0.4 is 5.73 Å². The molecule has 1 aliphatic carbocycles. The largest absolute Gasteiger partial charge is 0.326 e. The summed E-state index contributed by atoms with van der Waals surface area (Å²) in [7, 11) is 0. The van der Waals surface area contributed by atoms with Crippen LogP contribution in [0.25, 0.3) is 22.2 Å². The summed E-state index contributed by atoms with van der Waals surface area (Å²) in [6.45, 7) is 1.71. The first-order chi connectivity index (χ1) is 13.8. The molecule has 6 rings (SSSR count). The van der Waals surface area contributed by atoms with E-state index < -0.39 is 0 Å². The first-order valence-electron chi connectivity index (χ1n) is 10.9. The predicted octanol–water partition coefficient (Wildman–Crippen LogP) is 4.10. The van der Waals surface area contributed by atoms with Crippen molar-refractivity contribution in [3.63, 3.8) is 0 Å². The van der Waals surface area contributed by atoms with Gasteiger partial charge >= 0.3 is 0 Å². The van der Waals surface area contributed by atoms with Crippen molar-refractivity contribution in [1.82, 2.24) is 14.5 Å². The second-order valence-electron chi connectivity index (χ2n) is 8.86. The fraction of sp³-hybridized carbons (Fsp3) is 0.458. The normalized spacial score (nSPS) is 24.9. The summed E-state index contributed by atoms with van der Waals surface area (Å²) in [5.74, 6) is 1.29. The number of nitrogens with zero attached hydrogens (tertiary/aromatic N) is 3. The van der Waals surface area contributed by atoms with Crippen molar-refractivity contribution in [2.45, 2.75) is 69.7 Å². The van der Waals surface area contributed by atoms with Gasteiger partial charge in [-0.2, -0.15) is 0 Å². The Morgan fingerprint density at radius 3 is 2.43 bits per heavy atom. The number of aromatic nitrogens is 2. The Labute approximate surface area is 166 Å². The van der Waals surface area contributed by atoms with Gasteiger partial charge in [0.2, 0.25) is 0 Å². The van der Waals surface area contributed by atoms with Crippen molar-refractivity contribution in [1.29, 1.82) is 0 Å². The fourth-order valence-corrected chi connectivity index (χ4v) is 5.63. The standard InChI is InChI=1S/C24H28N4/c25-14-16-4-6-17(7-5-16)18-8-11-23-22(12-18)26-24-13-20-9-10-21(15-27(23)24)28(20)19-2-1-3-19/h4-8,11-12,19-21H,1-3,9-10,13-15,25H2. The van der Waals surface area contributed by atoms with Gasteiger partial charge in [0.1, 0.15) is 5.82 Å². The first kappa shape index (κ1) is 16.8. The molecule has 28 heavy (non-hydrogen) atoms. The van der Waals surface area contributed by atoms with Gasteiger partial charge in [-0.1, -0.05) is 36.8 Å². The molecule has 0 radical (unpaired) electrons. The molecule has 0 amide bonds. The highest BCUT2D eigenvalue weighted by Gasteiger charge is 2.42. The molecule has 2 unspecified atom stereocenters. The van der Waals surface area contributed by atoms with E-state index in [9.17, 15) is 0 Å². The predicted molar refractivity (Wildman–Crippen MR) is 113 cm³/mol. The number of nitrogens with two attached hydrogens (primary N) is 1. The maximum atomic E-state index is 5.73. The lowest BCUT2D eigenvalue weighted by atomic mass is 9.90. The minimum atomic E-state index is 0.591. The van der Waals surface area contributed by atoms with Crippen molar-refractivity contribution in [2.75, 3.05) is 0 Å². The van der Waals surface area contributed by atoms with Gasteiger partial charge in [0.25, 0.3) is 0 Å². The summed E-state index contributed by atoms with van der Waals surface area (Å²) in [5, 5.41) is 0. The number of imidazole rings is 1. The Balaban J connectivity index is 1.36. The number of hydrogen-bond acceptors (Lipinski definition) is 3. The van der Waals surface area contributed by atoms with E-state index in [-0.39, 0.29) is 0 Å². The van der Waals surface area contributed by atoms with Crippen molar-refractivity contribution in [3.8, 4) is 11.1 Å². The van der Waals surface area contributed by atoms with Crippen LogP contribution >= 0.6 is 0 Å². The molecule has 2 bridgehead atoms. The van der Waals surface area contributed by atoms with Crippen LogP contribution in [0.15, 0.2) is 42.5 Å². The summed E-state index contributed by atoms with van der Waals surface area (Å²) in [5.41, 5.74) is 11.8. The van der Waals surface area contributed by atoms with E-state index >= 15 is 0 Å². The Kier molecular flexibility index (Phi) is 3.85. The van der Waals surface area contributed by atoms with E-state index in [0.717, 1.165) is 24.5 Å². The molecule has 2 aliphatic heterocycles. The van der Waals surface area contributed by atoms with Gasteiger partial charge < -0.3 is 10.3 Å². The van der Waals surface area contributed by atoms with Crippen LogP contribution in [-0.2, 0) is 19.5 Å². The van der Waals surface area contributed by atoms with E-state index in [2.05, 4.69) is 51.9 Å². The lowest BCUT2D eigenvalue weighted by Crippen LogP contribution is -2.48. The number of rotatable bonds is 3. The Bertz CT molecular complexity index is 1020. The SMILES string of the molecule is NCc1ccc(-c2ccc3c(c2)nc2n3CC3CCC(C2)N3C2CCC2)cc1. The van der Waals surface area contributed by atoms with Crippen molar-refractivity contribution < 1.29 is 0 Å². The zero-order valence-electron chi connectivity index (χ0n) is 16.3. The van der Waals surface area contributed by atoms with E-state index in [1.54, 1.807) is 0 Å². The van der Waals surface area contributed by atoms with E-state index in [0.29, 0.717) is 18.6 Å². The highest BCUT2D eigenvalue weighted by Crippen LogP contribution is 2.39. The second kappa shape index (κ2) is 6.43. The average Bonchev–Trinajstić information content (AvgIpc) is 3.16. The topological polar surface area (TPSA) is 47.1 Å². The molecule has 1 aromatic heterocycles. The molecule has 2 N–H and O–H groups in total. The fourth-order valence-electron chi connectivity index (χ4n) is 5.63. The van der Waals surface area contributed by atoms with Gasteiger partial charge in [-0.25, -0.2) is 4.98 Å². The van der Waals surface area contributed by atoms with Crippen LogP contribution in [0, 0.1) is 0 Å². The zero-order valence-corrected chi connectivity index (χ0v) is 16.3. The zero-order chi connectivity index (χ0) is 18.7. The molecular formula is C24H28N4. The van der Waals surface area contributed by atoms with Crippen LogP contribution in [0.4, 0.5) is 0 Å². The molecule has 0 spiro atoms. The highest BCUT2D eigenvalue weighted by atomic mass is 15.3. The van der Waals surface area contributed by atoms with Crippen molar-refractivity contribution in [3.05, 3.63) is 53.9 Å². The third-order valence-electron chi connectivity index (χ3n) is 7.33. The van der Waals surface area contributed by atoms with E-state index in [1.807, 2.05) is 0 Å². The summed E-state index contributed by atoms with van der Waals surface area (Å²) >= 11 is 0. The monoisotopic (exact) mass is 372 g/mol. The molecule has 3 aliphatic rings. The first-order valence-corrected chi connectivity index (χ1v) is 10.9. The van der Waals surface area contributed by atoms with Crippen LogP contribution in [0.5, 0.6) is 0 Å². The quantitative estimate of drug-likeness (QED) is 0.753. The minimum Gasteiger partial charge on any atom is -0.326 e. The molecule has 4 heteroatoms. The maximum absolute atomic E-state index is 5.73. The number of hydrogen-bond donors (Lipinski definition) is 1. The summed E-state index contributed by atoms with van der Waals surface area (Å²) < 4.78 is 2.52. The molecule has 2 atom stereocenters. The van der Waals surface area contributed by atoms with E-state index in [4.69, 9.17) is 10.7 Å². The van der Waals surface area contributed by atoms with Gasteiger partial charge in [0.05, 0.1) is 11.0 Å². The molecule has 2 aromatic carbocycles. The Morgan fingerprint density at radius 2 is 1.68 bits per heavy atom. The molecule has 1 saturated carbocycles. The molecule has 1 saturated heterocycles. The third-order valence-corrected chi connectivity index (χ3v) is 7.33. The molecule has 3 aromatic rings. The van der Waals surface area contributed by atoms with Gasteiger partial charge in [-0.15, -0.1) is 0 Å². The van der Waals surface area contributed by atoms with Crippen LogP contribution in [0.1, 0.15) is 43.5 Å². The van der Waals surface area contributed by atoms with Gasteiger partial charge in [0, 0.05) is 37.6 Å². The smallest absolute Gasteiger partial charge is 0.111 e. The molecule has 2 fully saturated rings. The van der Waals surface area contributed by atoms with E-state index in [1.165, 1.54) is 60.1 Å². The van der Waals surface area contributed by atoms with Gasteiger partial charge in [0.15, 0.2) is 0 Å². The lowest BCUT2D eigenvalue weighted by Gasteiger charge is -2.41. The molecule has 3 heterocycles. The van der Waals surface area contributed by atoms with Crippen molar-refractivity contribution in [2.24, 2.45) is 5.73 Å². The van der Waals surface area contributed by atoms with Crippen molar-refractivity contribution >= 4 is 11.0 Å². The summed E-state index contributed by atoms with van der Waals surface area (Å²) in [6, 6.07) is 17.6. The Morgan fingerprint density at radius 1 is 0.893 bits per heavy atom. The molecule has 4 nitrogen and oxygen atoms in total. The highest BCUT2D eigenvalue weighted by molar-refractivity contribution is 5.82. The lowest BCUT2D eigenvalue weighted by molar-refractivity contribution is 0.0739. The number of benzene rings is 2. The van der Waals surface area contributed by atoms with Crippen LogP contribution in [0.3, 0.4) is 0 Å². The third kappa shape index (κ3) is 2.55. The average molecular weight is 373 g/mol.